The van der Waals surface area contributed by atoms with E-state index in [1.165, 1.54) is 0 Å². The molecular formula is C18H21NO3S. The molecule has 1 saturated carbocycles. The van der Waals surface area contributed by atoms with Crippen molar-refractivity contribution in [3.05, 3.63) is 59.7 Å². The Hall–Kier alpha value is -1.85. The van der Waals surface area contributed by atoms with Crippen LogP contribution in [0.25, 0.3) is 0 Å². The fraction of sp³-hybridized carbons (Fsp3) is 0.333. The fourth-order valence-corrected chi connectivity index (χ4v) is 3.92. The molecule has 0 aromatic heterocycles. The minimum absolute atomic E-state index is 0.188. The van der Waals surface area contributed by atoms with Crippen LogP contribution in [0, 0.1) is 12.8 Å². The molecule has 0 aliphatic heterocycles. The van der Waals surface area contributed by atoms with E-state index < -0.39 is 10.0 Å². The highest BCUT2D eigenvalue weighted by molar-refractivity contribution is 7.89. The SMILES string of the molecule is COc1ccc(C(NS(=O)(=O)c2ccc(C)cc2)C2CC2)cc1. The molecule has 1 fully saturated rings. The molecule has 0 heterocycles. The topological polar surface area (TPSA) is 55.4 Å². The summed E-state index contributed by atoms with van der Waals surface area (Å²) in [5.41, 5.74) is 2.02. The van der Waals surface area contributed by atoms with Gasteiger partial charge in [-0.05, 0) is 55.5 Å². The molecule has 0 saturated heterocycles. The van der Waals surface area contributed by atoms with Crippen molar-refractivity contribution in [2.75, 3.05) is 7.11 Å². The normalized spacial score (nSPS) is 16.1. The first-order valence-corrected chi connectivity index (χ1v) is 9.21. The van der Waals surface area contributed by atoms with Crippen LogP contribution in [0.5, 0.6) is 5.75 Å². The Balaban J connectivity index is 1.85. The van der Waals surface area contributed by atoms with Crippen LogP contribution in [-0.2, 0) is 10.0 Å². The van der Waals surface area contributed by atoms with Gasteiger partial charge in [-0.3, -0.25) is 0 Å². The van der Waals surface area contributed by atoms with Crippen molar-refractivity contribution in [3.63, 3.8) is 0 Å². The Morgan fingerprint density at radius 3 is 2.17 bits per heavy atom. The molecule has 5 heteroatoms. The highest BCUT2D eigenvalue weighted by Gasteiger charge is 2.35. The highest BCUT2D eigenvalue weighted by Crippen LogP contribution is 2.42. The molecule has 1 unspecified atom stereocenters. The first-order valence-electron chi connectivity index (χ1n) is 7.72. The van der Waals surface area contributed by atoms with Crippen molar-refractivity contribution in [3.8, 4) is 5.75 Å². The van der Waals surface area contributed by atoms with Gasteiger partial charge in [-0.1, -0.05) is 29.8 Å². The van der Waals surface area contributed by atoms with Crippen molar-refractivity contribution in [1.82, 2.24) is 4.72 Å². The molecule has 23 heavy (non-hydrogen) atoms. The van der Waals surface area contributed by atoms with Gasteiger partial charge >= 0.3 is 0 Å². The van der Waals surface area contributed by atoms with E-state index in [0.717, 1.165) is 29.7 Å². The number of rotatable bonds is 6. The van der Waals surface area contributed by atoms with E-state index in [2.05, 4.69) is 4.72 Å². The summed E-state index contributed by atoms with van der Waals surface area (Å²) in [5.74, 6) is 1.13. The number of ether oxygens (including phenoxy) is 1. The number of hydrogen-bond acceptors (Lipinski definition) is 3. The molecule has 1 atom stereocenters. The van der Waals surface area contributed by atoms with Gasteiger partial charge in [0.05, 0.1) is 12.0 Å². The first-order chi connectivity index (χ1) is 11.0. The van der Waals surface area contributed by atoms with E-state index in [1.54, 1.807) is 19.2 Å². The maximum absolute atomic E-state index is 12.6. The molecular weight excluding hydrogens is 310 g/mol. The van der Waals surface area contributed by atoms with Crippen LogP contribution in [0.4, 0.5) is 0 Å². The number of aryl methyl sites for hydroxylation is 1. The summed E-state index contributed by atoms with van der Waals surface area (Å²) in [7, 11) is -1.91. The van der Waals surface area contributed by atoms with Gasteiger partial charge in [-0.2, -0.15) is 0 Å². The van der Waals surface area contributed by atoms with Crippen LogP contribution >= 0.6 is 0 Å². The molecule has 122 valence electrons. The lowest BCUT2D eigenvalue weighted by molar-refractivity contribution is 0.414. The molecule has 1 N–H and O–H groups in total. The Labute approximate surface area is 137 Å². The second-order valence-electron chi connectivity index (χ2n) is 6.02. The Morgan fingerprint density at radius 2 is 1.65 bits per heavy atom. The van der Waals surface area contributed by atoms with E-state index in [-0.39, 0.29) is 6.04 Å². The van der Waals surface area contributed by atoms with Crippen LogP contribution in [0.1, 0.15) is 30.0 Å². The lowest BCUT2D eigenvalue weighted by atomic mass is 10.0. The summed E-state index contributed by atoms with van der Waals surface area (Å²) in [6.07, 6.45) is 2.10. The maximum Gasteiger partial charge on any atom is 0.241 e. The zero-order valence-electron chi connectivity index (χ0n) is 13.3. The van der Waals surface area contributed by atoms with Crippen molar-refractivity contribution in [2.24, 2.45) is 5.92 Å². The molecule has 0 bridgehead atoms. The van der Waals surface area contributed by atoms with Crippen LogP contribution in [0.3, 0.4) is 0 Å². The number of hydrogen-bond donors (Lipinski definition) is 1. The molecule has 2 aromatic carbocycles. The average molecular weight is 331 g/mol. The van der Waals surface area contributed by atoms with Crippen molar-refractivity contribution in [1.29, 1.82) is 0 Å². The first kappa shape index (κ1) is 16.0. The van der Waals surface area contributed by atoms with Crippen LogP contribution in [0.15, 0.2) is 53.4 Å². The summed E-state index contributed by atoms with van der Waals surface area (Å²) in [6, 6.07) is 14.3. The molecule has 1 aliphatic carbocycles. The van der Waals surface area contributed by atoms with Gasteiger partial charge in [0.15, 0.2) is 0 Å². The summed E-state index contributed by atoms with van der Waals surface area (Å²) in [4.78, 5) is 0.308. The molecule has 2 aromatic rings. The molecule has 0 amide bonds. The molecule has 1 aliphatic rings. The second kappa shape index (κ2) is 6.34. The number of benzene rings is 2. The van der Waals surface area contributed by atoms with Gasteiger partial charge < -0.3 is 4.74 Å². The number of sulfonamides is 1. The summed E-state index contributed by atoms with van der Waals surface area (Å²) < 4.78 is 33.3. The molecule has 3 rings (SSSR count). The van der Waals surface area contributed by atoms with Crippen molar-refractivity contribution in [2.45, 2.75) is 30.7 Å². The third-order valence-electron chi connectivity index (χ3n) is 4.18. The Morgan fingerprint density at radius 1 is 1.04 bits per heavy atom. The number of methoxy groups -OCH3 is 1. The predicted molar refractivity (Wildman–Crippen MR) is 90.0 cm³/mol. The minimum Gasteiger partial charge on any atom is -0.497 e. The van der Waals surface area contributed by atoms with Gasteiger partial charge in [-0.25, -0.2) is 13.1 Å². The van der Waals surface area contributed by atoms with E-state index in [0.29, 0.717) is 10.8 Å². The average Bonchev–Trinajstić information content (AvgIpc) is 3.38. The molecule has 4 nitrogen and oxygen atoms in total. The van der Waals surface area contributed by atoms with E-state index in [4.69, 9.17) is 4.74 Å². The monoisotopic (exact) mass is 331 g/mol. The zero-order chi connectivity index (χ0) is 16.4. The lowest BCUT2D eigenvalue weighted by Crippen LogP contribution is -2.30. The summed E-state index contributed by atoms with van der Waals surface area (Å²) in [6.45, 7) is 1.94. The minimum atomic E-state index is -3.53. The quantitative estimate of drug-likeness (QED) is 0.882. The van der Waals surface area contributed by atoms with Gasteiger partial charge in [0, 0.05) is 6.04 Å². The Bertz CT molecular complexity index is 763. The smallest absolute Gasteiger partial charge is 0.241 e. The molecule has 0 radical (unpaired) electrons. The fourth-order valence-electron chi connectivity index (χ4n) is 2.63. The van der Waals surface area contributed by atoms with Gasteiger partial charge in [-0.15, -0.1) is 0 Å². The van der Waals surface area contributed by atoms with E-state index >= 15 is 0 Å². The van der Waals surface area contributed by atoms with Crippen molar-refractivity contribution < 1.29 is 13.2 Å². The highest BCUT2D eigenvalue weighted by atomic mass is 32.2. The van der Waals surface area contributed by atoms with Gasteiger partial charge in [0.2, 0.25) is 10.0 Å². The third-order valence-corrected chi connectivity index (χ3v) is 5.64. The maximum atomic E-state index is 12.6. The summed E-state index contributed by atoms with van der Waals surface area (Å²) in [5, 5.41) is 0. The predicted octanol–water partition coefficient (Wildman–Crippen LogP) is 3.43. The standard InChI is InChI=1S/C18H21NO3S/c1-13-3-11-17(12-4-13)23(20,21)19-18(14-5-6-14)15-7-9-16(22-2)10-8-15/h3-4,7-12,14,18-19H,5-6H2,1-2H3. The van der Waals surface area contributed by atoms with E-state index in [1.807, 2.05) is 43.3 Å². The summed E-state index contributed by atoms with van der Waals surface area (Å²) >= 11 is 0. The lowest BCUT2D eigenvalue weighted by Gasteiger charge is -2.19. The van der Waals surface area contributed by atoms with Crippen LogP contribution in [-0.4, -0.2) is 15.5 Å². The number of nitrogens with one attached hydrogen (secondary N) is 1. The largest absolute Gasteiger partial charge is 0.497 e. The van der Waals surface area contributed by atoms with E-state index in [9.17, 15) is 8.42 Å². The van der Waals surface area contributed by atoms with Gasteiger partial charge in [0.25, 0.3) is 0 Å². The zero-order valence-corrected chi connectivity index (χ0v) is 14.1. The van der Waals surface area contributed by atoms with Crippen LogP contribution in [0.2, 0.25) is 0 Å². The van der Waals surface area contributed by atoms with Gasteiger partial charge in [0.1, 0.15) is 5.75 Å². The Kier molecular flexibility index (Phi) is 4.41. The third kappa shape index (κ3) is 3.74. The second-order valence-corrected chi connectivity index (χ2v) is 7.74. The van der Waals surface area contributed by atoms with Crippen LogP contribution < -0.4 is 9.46 Å². The molecule has 0 spiro atoms. The van der Waals surface area contributed by atoms with Crippen molar-refractivity contribution >= 4 is 10.0 Å².